The summed E-state index contributed by atoms with van der Waals surface area (Å²) in [7, 11) is 1.63. The third-order valence-electron chi connectivity index (χ3n) is 5.03. The van der Waals surface area contributed by atoms with Gasteiger partial charge in [-0.2, -0.15) is 5.10 Å². The normalized spacial score (nSPS) is 11.0. The summed E-state index contributed by atoms with van der Waals surface area (Å²) in [5.74, 6) is 0.914. The van der Waals surface area contributed by atoms with Gasteiger partial charge in [-0.1, -0.05) is 56.3 Å². The molecule has 4 aromatic rings. The molecule has 0 saturated carbocycles. The van der Waals surface area contributed by atoms with Crippen molar-refractivity contribution < 1.29 is 9.53 Å². The van der Waals surface area contributed by atoms with Gasteiger partial charge in [0.15, 0.2) is 0 Å². The van der Waals surface area contributed by atoms with Gasteiger partial charge in [0.05, 0.1) is 36.5 Å². The SMILES string of the molecule is COc1cccc(-c2nn(Cc3ccccc3)cc2C(=O)NCc2csc(C(C)C)n2)c1. The maximum Gasteiger partial charge on any atom is 0.255 e. The van der Waals surface area contributed by atoms with Gasteiger partial charge in [0, 0.05) is 23.1 Å². The minimum atomic E-state index is -0.179. The molecule has 0 spiro atoms. The zero-order chi connectivity index (χ0) is 22.5. The lowest BCUT2D eigenvalue weighted by Crippen LogP contribution is -2.23. The number of rotatable bonds is 8. The number of nitrogens with zero attached hydrogens (tertiary/aromatic N) is 3. The Balaban J connectivity index is 1.61. The molecule has 0 aliphatic rings. The van der Waals surface area contributed by atoms with Gasteiger partial charge in [-0.05, 0) is 17.7 Å². The number of hydrogen-bond donors (Lipinski definition) is 1. The number of thiazole rings is 1. The largest absolute Gasteiger partial charge is 0.497 e. The first-order valence-electron chi connectivity index (χ1n) is 10.5. The number of nitrogens with one attached hydrogen (secondary N) is 1. The highest BCUT2D eigenvalue weighted by molar-refractivity contribution is 7.09. The zero-order valence-corrected chi connectivity index (χ0v) is 19.2. The molecule has 2 aromatic carbocycles. The van der Waals surface area contributed by atoms with Crippen LogP contribution in [0.15, 0.2) is 66.2 Å². The minimum absolute atomic E-state index is 0.179. The van der Waals surface area contributed by atoms with Crippen molar-refractivity contribution in [3.63, 3.8) is 0 Å². The molecular weight excluding hydrogens is 420 g/mol. The van der Waals surface area contributed by atoms with Crippen LogP contribution in [0, 0.1) is 0 Å². The number of aromatic nitrogens is 3. The molecule has 0 radical (unpaired) electrons. The van der Waals surface area contributed by atoms with Crippen LogP contribution in [0.3, 0.4) is 0 Å². The summed E-state index contributed by atoms with van der Waals surface area (Å²) in [5, 5.41) is 10.8. The van der Waals surface area contributed by atoms with Crippen molar-refractivity contribution in [1.29, 1.82) is 0 Å². The molecule has 1 N–H and O–H groups in total. The van der Waals surface area contributed by atoms with E-state index in [0.29, 0.717) is 30.3 Å². The molecule has 4 rings (SSSR count). The molecule has 164 valence electrons. The highest BCUT2D eigenvalue weighted by atomic mass is 32.1. The third kappa shape index (κ3) is 5.06. The van der Waals surface area contributed by atoms with Crippen LogP contribution in [0.1, 0.15) is 46.4 Å². The van der Waals surface area contributed by atoms with Crippen LogP contribution in [-0.2, 0) is 13.1 Å². The quantitative estimate of drug-likeness (QED) is 0.408. The van der Waals surface area contributed by atoms with E-state index in [0.717, 1.165) is 27.6 Å². The van der Waals surface area contributed by atoms with Crippen molar-refractivity contribution in [3.05, 3.63) is 88.0 Å². The number of carbonyl (C=O) groups excluding carboxylic acids is 1. The van der Waals surface area contributed by atoms with Crippen LogP contribution in [0.2, 0.25) is 0 Å². The van der Waals surface area contributed by atoms with Gasteiger partial charge in [0.1, 0.15) is 11.4 Å². The number of benzene rings is 2. The summed E-state index contributed by atoms with van der Waals surface area (Å²) in [4.78, 5) is 17.8. The Kier molecular flexibility index (Phi) is 6.66. The van der Waals surface area contributed by atoms with E-state index >= 15 is 0 Å². The van der Waals surface area contributed by atoms with Crippen LogP contribution in [0.5, 0.6) is 5.75 Å². The summed E-state index contributed by atoms with van der Waals surface area (Å²) in [6.07, 6.45) is 1.80. The fourth-order valence-corrected chi connectivity index (χ4v) is 4.19. The molecule has 0 aliphatic carbocycles. The molecule has 0 fully saturated rings. The van der Waals surface area contributed by atoms with Gasteiger partial charge in [0.2, 0.25) is 0 Å². The lowest BCUT2D eigenvalue weighted by molar-refractivity contribution is 0.0951. The number of amides is 1. The first-order chi connectivity index (χ1) is 15.5. The van der Waals surface area contributed by atoms with Crippen LogP contribution in [0.25, 0.3) is 11.3 Å². The zero-order valence-electron chi connectivity index (χ0n) is 18.4. The molecular formula is C25H26N4O2S. The summed E-state index contributed by atoms with van der Waals surface area (Å²) in [6, 6.07) is 17.7. The smallest absolute Gasteiger partial charge is 0.255 e. The van der Waals surface area contributed by atoms with Gasteiger partial charge in [0.25, 0.3) is 5.91 Å². The van der Waals surface area contributed by atoms with E-state index in [9.17, 15) is 4.79 Å². The van der Waals surface area contributed by atoms with Crippen LogP contribution >= 0.6 is 11.3 Å². The van der Waals surface area contributed by atoms with E-state index < -0.39 is 0 Å². The van der Waals surface area contributed by atoms with Crippen molar-refractivity contribution in [2.24, 2.45) is 0 Å². The molecule has 2 heterocycles. The molecule has 32 heavy (non-hydrogen) atoms. The Labute approximate surface area is 191 Å². The minimum Gasteiger partial charge on any atom is -0.497 e. The lowest BCUT2D eigenvalue weighted by Gasteiger charge is -2.06. The first kappa shape index (κ1) is 21.8. The summed E-state index contributed by atoms with van der Waals surface area (Å²) >= 11 is 1.62. The lowest BCUT2D eigenvalue weighted by atomic mass is 10.1. The molecule has 0 unspecified atom stereocenters. The van der Waals surface area contributed by atoms with Crippen LogP contribution in [0.4, 0.5) is 0 Å². The number of ether oxygens (including phenoxy) is 1. The molecule has 7 heteroatoms. The van der Waals surface area contributed by atoms with Crippen LogP contribution in [-0.4, -0.2) is 27.8 Å². The van der Waals surface area contributed by atoms with E-state index in [1.165, 1.54) is 0 Å². The molecule has 0 bridgehead atoms. The standard InChI is InChI=1S/C25H26N4O2S/c1-17(2)25-27-20(16-32-25)13-26-24(30)22-15-29(14-18-8-5-4-6-9-18)28-23(22)19-10-7-11-21(12-19)31-3/h4-12,15-17H,13-14H2,1-3H3,(H,26,30). The van der Waals surface area contributed by atoms with Crippen molar-refractivity contribution in [2.45, 2.75) is 32.9 Å². The number of hydrogen-bond acceptors (Lipinski definition) is 5. The predicted molar refractivity (Wildman–Crippen MR) is 127 cm³/mol. The van der Waals surface area contributed by atoms with E-state index in [4.69, 9.17) is 9.84 Å². The molecule has 0 saturated heterocycles. The molecule has 0 aliphatic heterocycles. The molecule has 1 amide bonds. The average molecular weight is 447 g/mol. The van der Waals surface area contributed by atoms with Gasteiger partial charge in [-0.3, -0.25) is 9.48 Å². The monoisotopic (exact) mass is 446 g/mol. The van der Waals surface area contributed by atoms with Gasteiger partial charge in [-0.15, -0.1) is 11.3 Å². The topological polar surface area (TPSA) is 69.0 Å². The van der Waals surface area contributed by atoms with Gasteiger partial charge < -0.3 is 10.1 Å². The Morgan fingerprint density at radius 3 is 2.69 bits per heavy atom. The summed E-state index contributed by atoms with van der Waals surface area (Å²) in [5.41, 5.74) is 3.96. The number of methoxy groups -OCH3 is 1. The van der Waals surface area contributed by atoms with Gasteiger partial charge in [-0.25, -0.2) is 4.98 Å². The van der Waals surface area contributed by atoms with E-state index in [1.54, 1.807) is 29.3 Å². The Bertz CT molecular complexity index is 1200. The van der Waals surface area contributed by atoms with Crippen molar-refractivity contribution >= 4 is 17.2 Å². The third-order valence-corrected chi connectivity index (χ3v) is 6.22. The van der Waals surface area contributed by atoms with Crippen LogP contribution < -0.4 is 10.1 Å². The first-order valence-corrected chi connectivity index (χ1v) is 11.4. The Morgan fingerprint density at radius 2 is 1.97 bits per heavy atom. The maximum atomic E-state index is 13.2. The highest BCUT2D eigenvalue weighted by Crippen LogP contribution is 2.26. The maximum absolute atomic E-state index is 13.2. The Morgan fingerprint density at radius 1 is 1.16 bits per heavy atom. The average Bonchev–Trinajstić information content (AvgIpc) is 3.46. The summed E-state index contributed by atoms with van der Waals surface area (Å²) < 4.78 is 7.17. The van der Waals surface area contributed by atoms with E-state index in [-0.39, 0.29) is 5.91 Å². The fourth-order valence-electron chi connectivity index (χ4n) is 3.36. The van der Waals surface area contributed by atoms with Crippen molar-refractivity contribution in [3.8, 4) is 17.0 Å². The van der Waals surface area contributed by atoms with Crippen molar-refractivity contribution in [1.82, 2.24) is 20.1 Å². The second-order valence-corrected chi connectivity index (χ2v) is 8.71. The molecule has 2 aromatic heterocycles. The van der Waals surface area contributed by atoms with E-state index in [2.05, 4.69) is 24.1 Å². The Hall–Kier alpha value is -3.45. The molecule has 0 atom stereocenters. The van der Waals surface area contributed by atoms with Crippen molar-refractivity contribution in [2.75, 3.05) is 7.11 Å². The fraction of sp³-hybridized carbons (Fsp3) is 0.240. The second-order valence-electron chi connectivity index (χ2n) is 7.82. The highest BCUT2D eigenvalue weighted by Gasteiger charge is 2.19. The van der Waals surface area contributed by atoms with E-state index in [1.807, 2.05) is 60.0 Å². The second kappa shape index (κ2) is 9.78. The summed E-state index contributed by atoms with van der Waals surface area (Å²) in [6.45, 7) is 5.18. The molecule has 6 nitrogen and oxygen atoms in total. The number of carbonyl (C=O) groups is 1. The predicted octanol–water partition coefficient (Wildman–Crippen LogP) is 5.12. The van der Waals surface area contributed by atoms with Gasteiger partial charge >= 0.3 is 0 Å².